The lowest BCUT2D eigenvalue weighted by Crippen LogP contribution is -2.19. The fourth-order valence-electron chi connectivity index (χ4n) is 2.13. The monoisotopic (exact) mass is 279 g/mol. The van der Waals surface area contributed by atoms with Gasteiger partial charge in [0.2, 0.25) is 0 Å². The molecule has 0 spiro atoms. The van der Waals surface area contributed by atoms with E-state index in [4.69, 9.17) is 0 Å². The van der Waals surface area contributed by atoms with Crippen LogP contribution in [-0.4, -0.2) is 16.6 Å². The van der Waals surface area contributed by atoms with Gasteiger partial charge in [-0.15, -0.1) is 5.10 Å². The number of nitrogens with one attached hydrogen (secondary N) is 1. The van der Waals surface area contributed by atoms with E-state index in [-0.39, 0.29) is 11.9 Å². The predicted octanol–water partition coefficient (Wildman–Crippen LogP) is 3.05. The van der Waals surface area contributed by atoms with Gasteiger partial charge < -0.3 is 5.32 Å². The van der Waals surface area contributed by atoms with E-state index < -0.39 is 0 Å². The van der Waals surface area contributed by atoms with E-state index in [9.17, 15) is 4.39 Å². The molecule has 0 aliphatic carbocycles. The molecule has 0 amide bonds. The van der Waals surface area contributed by atoms with Crippen molar-refractivity contribution in [1.29, 1.82) is 0 Å². The molecule has 0 saturated heterocycles. The highest BCUT2D eigenvalue weighted by atomic mass is 32.1. The summed E-state index contributed by atoms with van der Waals surface area (Å²) in [6.07, 6.45) is 1.61. The molecule has 0 fully saturated rings. The number of hydrogen-bond donors (Lipinski definition) is 1. The first kappa shape index (κ1) is 14.1. The summed E-state index contributed by atoms with van der Waals surface area (Å²) < 4.78 is 17.4. The van der Waals surface area contributed by atoms with Crippen LogP contribution in [-0.2, 0) is 12.8 Å². The average Bonchev–Trinajstić information content (AvgIpc) is 2.88. The van der Waals surface area contributed by atoms with Gasteiger partial charge >= 0.3 is 0 Å². The zero-order valence-corrected chi connectivity index (χ0v) is 12.2. The Labute approximate surface area is 117 Å². The molecule has 3 nitrogen and oxygen atoms in total. The van der Waals surface area contributed by atoms with Gasteiger partial charge in [0, 0.05) is 6.04 Å². The fraction of sp³-hybridized carbons (Fsp3) is 0.429. The summed E-state index contributed by atoms with van der Waals surface area (Å²) in [6.45, 7) is 4.08. The van der Waals surface area contributed by atoms with Crippen LogP contribution in [0, 0.1) is 12.7 Å². The van der Waals surface area contributed by atoms with Gasteiger partial charge in [0.1, 0.15) is 5.82 Å². The fourth-order valence-corrected chi connectivity index (χ4v) is 2.98. The zero-order chi connectivity index (χ0) is 13.8. The number of hydrogen-bond acceptors (Lipinski definition) is 4. The van der Waals surface area contributed by atoms with Crippen LogP contribution < -0.4 is 5.32 Å². The molecule has 0 saturated carbocycles. The van der Waals surface area contributed by atoms with E-state index in [1.165, 1.54) is 17.6 Å². The van der Waals surface area contributed by atoms with Gasteiger partial charge in [0.15, 0.2) is 0 Å². The molecule has 0 radical (unpaired) electrons. The van der Waals surface area contributed by atoms with Gasteiger partial charge in [0.25, 0.3) is 0 Å². The Hall–Kier alpha value is -1.33. The van der Waals surface area contributed by atoms with Crippen molar-refractivity contribution in [2.24, 2.45) is 0 Å². The molecule has 2 aromatic rings. The maximum Gasteiger partial charge on any atom is 0.123 e. The maximum absolute atomic E-state index is 13.3. The van der Waals surface area contributed by atoms with Crippen molar-refractivity contribution >= 4 is 11.5 Å². The Morgan fingerprint density at radius 3 is 2.89 bits per heavy atom. The smallest absolute Gasteiger partial charge is 0.123 e. The van der Waals surface area contributed by atoms with E-state index >= 15 is 0 Å². The summed E-state index contributed by atoms with van der Waals surface area (Å²) in [5.41, 5.74) is 3.16. The topological polar surface area (TPSA) is 37.8 Å². The second-order valence-electron chi connectivity index (χ2n) is 4.55. The molecule has 0 aliphatic heterocycles. The third-order valence-corrected chi connectivity index (χ3v) is 4.20. The number of rotatable bonds is 5. The lowest BCUT2D eigenvalue weighted by atomic mass is 9.99. The summed E-state index contributed by atoms with van der Waals surface area (Å²) in [5.74, 6) is -0.186. The van der Waals surface area contributed by atoms with Crippen molar-refractivity contribution in [3.63, 3.8) is 0 Å². The largest absolute Gasteiger partial charge is 0.312 e. The lowest BCUT2D eigenvalue weighted by molar-refractivity contribution is 0.585. The minimum absolute atomic E-state index is 0.135. The van der Waals surface area contributed by atoms with Gasteiger partial charge in [-0.25, -0.2) is 4.39 Å². The van der Waals surface area contributed by atoms with E-state index in [1.807, 2.05) is 20.0 Å². The van der Waals surface area contributed by atoms with Crippen molar-refractivity contribution < 1.29 is 4.39 Å². The summed E-state index contributed by atoms with van der Waals surface area (Å²) in [6, 6.07) is 5.07. The normalized spacial score (nSPS) is 12.6. The second-order valence-corrected chi connectivity index (χ2v) is 5.34. The van der Waals surface area contributed by atoms with Gasteiger partial charge in [0.05, 0.1) is 10.6 Å². The second kappa shape index (κ2) is 6.21. The van der Waals surface area contributed by atoms with Crippen LogP contribution >= 0.6 is 11.5 Å². The van der Waals surface area contributed by atoms with Crippen LogP contribution in [0.4, 0.5) is 4.39 Å². The molecule has 1 unspecified atom stereocenters. The maximum atomic E-state index is 13.3. The van der Waals surface area contributed by atoms with Crippen molar-refractivity contribution in [2.75, 3.05) is 7.05 Å². The lowest BCUT2D eigenvalue weighted by Gasteiger charge is -2.16. The van der Waals surface area contributed by atoms with E-state index in [0.29, 0.717) is 0 Å². The van der Waals surface area contributed by atoms with E-state index in [2.05, 4.69) is 21.8 Å². The van der Waals surface area contributed by atoms with Gasteiger partial charge in [-0.2, -0.15) is 0 Å². The van der Waals surface area contributed by atoms with Gasteiger partial charge in [-0.1, -0.05) is 17.5 Å². The first-order valence-electron chi connectivity index (χ1n) is 6.39. The van der Waals surface area contributed by atoms with E-state index in [1.54, 1.807) is 6.07 Å². The van der Waals surface area contributed by atoms with Crippen LogP contribution in [0.5, 0.6) is 0 Å². The van der Waals surface area contributed by atoms with Crippen LogP contribution in [0.25, 0.3) is 0 Å². The molecule has 0 aliphatic rings. The van der Waals surface area contributed by atoms with Crippen LogP contribution in [0.1, 0.15) is 34.7 Å². The highest BCUT2D eigenvalue weighted by molar-refractivity contribution is 7.05. The first-order chi connectivity index (χ1) is 9.15. The molecule has 19 heavy (non-hydrogen) atoms. The first-order valence-corrected chi connectivity index (χ1v) is 7.16. The molecule has 1 aromatic heterocycles. The molecule has 0 bridgehead atoms. The Kier molecular flexibility index (Phi) is 4.61. The SMILES string of the molecule is CCc1nnsc1C(Cc1cc(F)ccc1C)NC. The molecule has 5 heteroatoms. The number of halogens is 1. The van der Waals surface area contributed by atoms with Crippen molar-refractivity contribution in [3.05, 3.63) is 45.7 Å². The molecule has 1 N–H and O–H groups in total. The van der Waals surface area contributed by atoms with Crippen molar-refractivity contribution in [1.82, 2.24) is 14.9 Å². The van der Waals surface area contributed by atoms with Crippen molar-refractivity contribution in [2.45, 2.75) is 32.7 Å². The standard InChI is InChI=1S/C14H18FN3S/c1-4-12-14(19-18-17-12)13(16-3)8-10-7-11(15)6-5-9(10)2/h5-7,13,16H,4,8H2,1-3H3. The Bertz CT molecular complexity index is 553. The molecule has 2 rings (SSSR count). The summed E-state index contributed by atoms with van der Waals surface area (Å²) in [5, 5.41) is 7.42. The number of likely N-dealkylation sites (N-methyl/N-ethyl adjacent to an activating group) is 1. The predicted molar refractivity (Wildman–Crippen MR) is 75.9 cm³/mol. The molecular weight excluding hydrogens is 261 g/mol. The quantitative estimate of drug-likeness (QED) is 0.914. The summed E-state index contributed by atoms with van der Waals surface area (Å²) >= 11 is 1.42. The number of nitrogens with zero attached hydrogens (tertiary/aromatic N) is 2. The highest BCUT2D eigenvalue weighted by Gasteiger charge is 2.18. The van der Waals surface area contributed by atoms with Gasteiger partial charge in [-0.05, 0) is 61.6 Å². The van der Waals surface area contributed by atoms with Crippen molar-refractivity contribution in [3.8, 4) is 0 Å². The summed E-state index contributed by atoms with van der Waals surface area (Å²) in [4.78, 5) is 1.15. The Morgan fingerprint density at radius 2 is 2.21 bits per heavy atom. The van der Waals surface area contributed by atoms with Crippen LogP contribution in [0.15, 0.2) is 18.2 Å². The highest BCUT2D eigenvalue weighted by Crippen LogP contribution is 2.25. The molecule has 1 atom stereocenters. The van der Waals surface area contributed by atoms with E-state index in [0.717, 1.165) is 34.5 Å². The summed E-state index contributed by atoms with van der Waals surface area (Å²) in [7, 11) is 1.92. The Balaban J connectivity index is 2.26. The molecule has 102 valence electrons. The average molecular weight is 279 g/mol. The molecule has 1 heterocycles. The number of benzene rings is 1. The molecular formula is C14H18FN3S. The number of aryl methyl sites for hydroxylation is 2. The minimum Gasteiger partial charge on any atom is -0.312 e. The Morgan fingerprint density at radius 1 is 1.42 bits per heavy atom. The van der Waals surface area contributed by atoms with Gasteiger partial charge in [-0.3, -0.25) is 0 Å². The third kappa shape index (κ3) is 3.16. The number of aromatic nitrogens is 2. The van der Waals surface area contributed by atoms with Crippen LogP contribution in [0.3, 0.4) is 0 Å². The molecule has 1 aromatic carbocycles. The zero-order valence-electron chi connectivity index (χ0n) is 11.4. The third-order valence-electron chi connectivity index (χ3n) is 3.32. The minimum atomic E-state index is -0.186. The van der Waals surface area contributed by atoms with Crippen LogP contribution in [0.2, 0.25) is 0 Å².